The van der Waals surface area contributed by atoms with Crippen molar-refractivity contribution in [1.29, 1.82) is 0 Å². The Morgan fingerprint density at radius 1 is 1.30 bits per heavy atom. The van der Waals surface area contributed by atoms with Crippen LogP contribution in [0.15, 0.2) is 30.6 Å². The third kappa shape index (κ3) is 4.53. The molecular formula is C15H19N5O3. The Morgan fingerprint density at radius 2 is 2.04 bits per heavy atom. The molecule has 0 bridgehead atoms. The van der Waals surface area contributed by atoms with E-state index in [2.05, 4.69) is 20.7 Å². The molecule has 0 radical (unpaired) electrons. The lowest BCUT2D eigenvalue weighted by Gasteiger charge is -2.17. The highest BCUT2D eigenvalue weighted by atomic mass is 16.4. The van der Waals surface area contributed by atoms with Crippen molar-refractivity contribution in [3.8, 4) is 0 Å². The van der Waals surface area contributed by atoms with Gasteiger partial charge in [-0.05, 0) is 38.5 Å². The Kier molecular flexibility index (Phi) is 4.63. The second kappa shape index (κ2) is 6.47. The number of nitrogens with one attached hydrogen (secondary N) is 2. The summed E-state index contributed by atoms with van der Waals surface area (Å²) in [4.78, 5) is 26.8. The molecule has 8 heteroatoms. The Hall–Kier alpha value is -2.90. The van der Waals surface area contributed by atoms with Crippen molar-refractivity contribution in [2.24, 2.45) is 0 Å². The van der Waals surface area contributed by atoms with Crippen molar-refractivity contribution in [2.45, 2.75) is 32.9 Å². The van der Waals surface area contributed by atoms with E-state index < -0.39 is 12.0 Å². The van der Waals surface area contributed by atoms with Gasteiger partial charge in [-0.2, -0.15) is 0 Å². The van der Waals surface area contributed by atoms with Crippen molar-refractivity contribution in [3.05, 3.63) is 41.7 Å². The largest absolute Gasteiger partial charge is 0.478 e. The van der Waals surface area contributed by atoms with E-state index in [4.69, 9.17) is 5.11 Å². The highest BCUT2D eigenvalue weighted by Gasteiger charge is 2.15. The lowest BCUT2D eigenvalue weighted by atomic mass is 10.1. The minimum atomic E-state index is -1.01. The van der Waals surface area contributed by atoms with Gasteiger partial charge in [-0.25, -0.2) is 19.3 Å². The van der Waals surface area contributed by atoms with Crippen molar-refractivity contribution < 1.29 is 14.7 Å². The summed E-state index contributed by atoms with van der Waals surface area (Å²) in [6.45, 7) is 6.12. The van der Waals surface area contributed by atoms with Crippen molar-refractivity contribution >= 4 is 17.9 Å². The van der Waals surface area contributed by atoms with E-state index in [1.165, 1.54) is 12.1 Å². The van der Waals surface area contributed by atoms with E-state index in [1.807, 2.05) is 20.8 Å². The zero-order valence-corrected chi connectivity index (χ0v) is 13.2. The number of urea groups is 1. The second-order valence-corrected chi connectivity index (χ2v) is 6.00. The van der Waals surface area contributed by atoms with Crippen molar-refractivity contribution in [1.82, 2.24) is 20.1 Å². The van der Waals surface area contributed by atoms with Gasteiger partial charge in [-0.1, -0.05) is 12.1 Å². The van der Waals surface area contributed by atoms with Crippen LogP contribution in [0.2, 0.25) is 0 Å². The number of carboxylic acids is 1. The summed E-state index contributed by atoms with van der Waals surface area (Å²) in [7, 11) is 0. The van der Waals surface area contributed by atoms with Crippen molar-refractivity contribution in [3.63, 3.8) is 0 Å². The minimum absolute atomic E-state index is 0.176. The number of anilines is 1. The fraction of sp³-hybridized carbons (Fsp3) is 0.333. The molecule has 2 rings (SSSR count). The van der Waals surface area contributed by atoms with E-state index in [9.17, 15) is 9.59 Å². The number of carboxylic acid groups (broad SMARTS) is 1. The normalized spacial score (nSPS) is 11.1. The molecule has 2 aromatic rings. The molecule has 122 valence electrons. The van der Waals surface area contributed by atoms with Gasteiger partial charge < -0.3 is 10.4 Å². The van der Waals surface area contributed by atoms with E-state index in [-0.39, 0.29) is 23.6 Å². The number of carbonyl (C=O) groups excluding carboxylic acids is 1. The molecule has 2 amide bonds. The highest BCUT2D eigenvalue weighted by Crippen LogP contribution is 2.12. The molecule has 0 saturated carbocycles. The molecule has 0 spiro atoms. The predicted octanol–water partition coefficient (Wildman–Crippen LogP) is 2.05. The van der Waals surface area contributed by atoms with Crippen LogP contribution >= 0.6 is 0 Å². The van der Waals surface area contributed by atoms with Crippen LogP contribution in [0.5, 0.6) is 0 Å². The number of nitrogens with zero attached hydrogens (tertiary/aromatic N) is 3. The maximum Gasteiger partial charge on any atom is 0.335 e. The lowest BCUT2D eigenvalue weighted by Crippen LogP contribution is -2.29. The molecule has 8 nitrogen and oxygen atoms in total. The molecule has 1 aromatic carbocycles. The molecule has 0 aliphatic carbocycles. The lowest BCUT2D eigenvalue weighted by molar-refractivity contribution is 0.0696. The summed E-state index contributed by atoms with van der Waals surface area (Å²) < 4.78 is 1.65. The quantitative estimate of drug-likeness (QED) is 0.799. The fourth-order valence-corrected chi connectivity index (χ4v) is 1.79. The van der Waals surface area contributed by atoms with Gasteiger partial charge in [0.1, 0.15) is 6.33 Å². The maximum absolute atomic E-state index is 11.8. The Balaban J connectivity index is 1.91. The molecule has 0 saturated heterocycles. The van der Waals surface area contributed by atoms with Crippen LogP contribution in [0.1, 0.15) is 36.7 Å². The third-order valence-electron chi connectivity index (χ3n) is 3.03. The number of hydrogen-bond donors (Lipinski definition) is 3. The van der Waals surface area contributed by atoms with Gasteiger partial charge in [0, 0.05) is 6.54 Å². The molecule has 0 aliphatic rings. The number of carbonyl (C=O) groups is 2. The van der Waals surface area contributed by atoms with Gasteiger partial charge in [0.05, 0.1) is 11.1 Å². The summed E-state index contributed by atoms with van der Waals surface area (Å²) >= 11 is 0. The third-order valence-corrected chi connectivity index (χ3v) is 3.03. The molecule has 1 heterocycles. The fourth-order valence-electron chi connectivity index (χ4n) is 1.79. The Labute approximate surface area is 133 Å². The Bertz CT molecular complexity index is 718. The van der Waals surface area contributed by atoms with Crippen LogP contribution in [0.3, 0.4) is 0 Å². The number of amides is 2. The molecular weight excluding hydrogens is 298 g/mol. The summed E-state index contributed by atoms with van der Waals surface area (Å²) in [6, 6.07) is 5.91. The number of hydrogen-bond acceptors (Lipinski definition) is 4. The van der Waals surface area contributed by atoms with Gasteiger partial charge in [0.15, 0.2) is 0 Å². The van der Waals surface area contributed by atoms with Gasteiger partial charge in [-0.15, -0.1) is 5.10 Å². The SMILES string of the molecule is CC(C)(C)n1cnc(NC(=O)NCc2cccc(C(=O)O)c2)n1. The molecule has 3 N–H and O–H groups in total. The first kappa shape index (κ1) is 16.5. The smallest absolute Gasteiger partial charge is 0.335 e. The van der Waals surface area contributed by atoms with Crippen LogP contribution < -0.4 is 10.6 Å². The predicted molar refractivity (Wildman–Crippen MR) is 84.3 cm³/mol. The average Bonchev–Trinajstić information content (AvgIpc) is 2.94. The average molecular weight is 317 g/mol. The van der Waals surface area contributed by atoms with Gasteiger partial charge in [-0.3, -0.25) is 5.32 Å². The van der Waals surface area contributed by atoms with Gasteiger partial charge in [0.2, 0.25) is 5.95 Å². The maximum atomic E-state index is 11.8. The monoisotopic (exact) mass is 317 g/mol. The summed E-state index contributed by atoms with van der Waals surface area (Å²) in [5.74, 6) is -0.801. The van der Waals surface area contributed by atoms with Crippen LogP contribution in [0, 0.1) is 0 Å². The summed E-state index contributed by atoms with van der Waals surface area (Å²) in [5.41, 5.74) is 0.643. The van der Waals surface area contributed by atoms with E-state index in [0.29, 0.717) is 5.56 Å². The molecule has 1 aromatic heterocycles. The number of aromatic nitrogens is 3. The Morgan fingerprint density at radius 3 is 2.65 bits per heavy atom. The van der Waals surface area contributed by atoms with Crippen LogP contribution in [-0.2, 0) is 12.1 Å². The topological polar surface area (TPSA) is 109 Å². The number of rotatable bonds is 4. The van der Waals surface area contributed by atoms with Crippen LogP contribution in [0.25, 0.3) is 0 Å². The second-order valence-electron chi connectivity index (χ2n) is 6.00. The first-order valence-electron chi connectivity index (χ1n) is 7.05. The molecule has 0 unspecified atom stereocenters. The van der Waals surface area contributed by atoms with Gasteiger partial charge in [0.25, 0.3) is 0 Å². The number of aromatic carboxylic acids is 1. The van der Waals surface area contributed by atoms with E-state index in [1.54, 1.807) is 23.1 Å². The van der Waals surface area contributed by atoms with E-state index >= 15 is 0 Å². The van der Waals surface area contributed by atoms with Gasteiger partial charge >= 0.3 is 12.0 Å². The van der Waals surface area contributed by atoms with Crippen molar-refractivity contribution in [2.75, 3.05) is 5.32 Å². The van der Waals surface area contributed by atoms with Crippen LogP contribution in [-0.4, -0.2) is 31.9 Å². The molecule has 0 fully saturated rings. The number of benzene rings is 1. The summed E-state index contributed by atoms with van der Waals surface area (Å²) in [5, 5.41) is 18.3. The summed E-state index contributed by atoms with van der Waals surface area (Å²) in [6.07, 6.45) is 1.55. The first-order chi connectivity index (χ1) is 10.8. The minimum Gasteiger partial charge on any atom is -0.478 e. The first-order valence-corrected chi connectivity index (χ1v) is 7.05. The standard InChI is InChI=1S/C15H19N5O3/c1-15(2,3)20-9-17-13(19-20)18-14(23)16-8-10-5-4-6-11(7-10)12(21)22/h4-7,9H,8H2,1-3H3,(H,21,22)(H2,16,18,19,23). The van der Waals surface area contributed by atoms with Crippen LogP contribution in [0.4, 0.5) is 10.7 Å². The van der Waals surface area contributed by atoms with E-state index in [0.717, 1.165) is 0 Å². The highest BCUT2D eigenvalue weighted by molar-refractivity contribution is 5.88. The molecule has 0 atom stereocenters. The zero-order chi connectivity index (χ0) is 17.0. The molecule has 23 heavy (non-hydrogen) atoms. The zero-order valence-electron chi connectivity index (χ0n) is 13.2. The molecule has 0 aliphatic heterocycles.